The van der Waals surface area contributed by atoms with Gasteiger partial charge in [0.15, 0.2) is 5.82 Å². The topological polar surface area (TPSA) is 87.9 Å². The molecule has 1 saturated heterocycles. The van der Waals surface area contributed by atoms with Crippen molar-refractivity contribution >= 4 is 40.8 Å². The molecule has 0 saturated carbocycles. The average Bonchev–Trinajstić information content (AvgIpc) is 3.10. The van der Waals surface area contributed by atoms with E-state index in [-0.39, 0.29) is 23.4 Å². The highest BCUT2D eigenvalue weighted by Gasteiger charge is 2.23. The van der Waals surface area contributed by atoms with Gasteiger partial charge in [-0.3, -0.25) is 14.5 Å². The van der Waals surface area contributed by atoms with E-state index in [0.29, 0.717) is 48.5 Å². The standard InChI is InChI=1S/C19H22Cl2N4O4/c1-13-10-17(23-29-13)22-18(26)12-25(5-4-24-6-8-28-9-7-24)19(27)15-3-2-14(20)11-16(15)21/h2-3,10-11H,4-9,12H2,1H3,(H,22,23,26). The highest BCUT2D eigenvalue weighted by Crippen LogP contribution is 2.22. The molecular formula is C19H22Cl2N4O4. The number of carbonyl (C=O) groups excluding carboxylic acids is 2. The first kappa shape index (κ1) is 21.6. The highest BCUT2D eigenvalue weighted by atomic mass is 35.5. The van der Waals surface area contributed by atoms with Gasteiger partial charge >= 0.3 is 0 Å². The fourth-order valence-electron chi connectivity index (χ4n) is 2.95. The minimum Gasteiger partial charge on any atom is -0.379 e. The van der Waals surface area contributed by atoms with E-state index in [1.807, 2.05) is 0 Å². The van der Waals surface area contributed by atoms with Crippen molar-refractivity contribution in [2.75, 3.05) is 51.3 Å². The molecule has 2 heterocycles. The zero-order valence-electron chi connectivity index (χ0n) is 16.0. The first-order chi connectivity index (χ1) is 13.9. The smallest absolute Gasteiger partial charge is 0.255 e. The molecular weight excluding hydrogens is 419 g/mol. The van der Waals surface area contributed by atoms with Crippen molar-refractivity contribution in [1.29, 1.82) is 0 Å². The normalized spacial score (nSPS) is 14.6. The lowest BCUT2D eigenvalue weighted by Gasteiger charge is -2.30. The second-order valence-corrected chi connectivity index (χ2v) is 7.52. The predicted molar refractivity (Wildman–Crippen MR) is 109 cm³/mol. The number of amides is 2. The molecule has 0 atom stereocenters. The van der Waals surface area contributed by atoms with Crippen molar-refractivity contribution in [2.24, 2.45) is 0 Å². The van der Waals surface area contributed by atoms with Gasteiger partial charge in [0.25, 0.3) is 5.91 Å². The van der Waals surface area contributed by atoms with Crippen LogP contribution in [0.5, 0.6) is 0 Å². The summed E-state index contributed by atoms with van der Waals surface area (Å²) in [7, 11) is 0. The fraction of sp³-hybridized carbons (Fsp3) is 0.421. The molecule has 1 aliphatic rings. The Bertz CT molecular complexity index is 868. The largest absolute Gasteiger partial charge is 0.379 e. The summed E-state index contributed by atoms with van der Waals surface area (Å²) in [5.74, 6) is 0.163. The fourth-order valence-corrected chi connectivity index (χ4v) is 3.44. The molecule has 1 N–H and O–H groups in total. The van der Waals surface area contributed by atoms with Gasteiger partial charge in [-0.1, -0.05) is 28.4 Å². The molecule has 1 aliphatic heterocycles. The Morgan fingerprint density at radius 2 is 2.00 bits per heavy atom. The summed E-state index contributed by atoms with van der Waals surface area (Å²) in [6.07, 6.45) is 0. The lowest BCUT2D eigenvalue weighted by atomic mass is 10.2. The molecule has 1 aromatic heterocycles. The van der Waals surface area contributed by atoms with E-state index >= 15 is 0 Å². The van der Waals surface area contributed by atoms with Gasteiger partial charge in [0.2, 0.25) is 5.91 Å². The molecule has 1 fully saturated rings. The first-order valence-corrected chi connectivity index (χ1v) is 9.95. The Morgan fingerprint density at radius 3 is 2.66 bits per heavy atom. The second-order valence-electron chi connectivity index (χ2n) is 6.68. The summed E-state index contributed by atoms with van der Waals surface area (Å²) >= 11 is 12.1. The first-order valence-electron chi connectivity index (χ1n) is 9.20. The maximum atomic E-state index is 13.1. The Labute approximate surface area is 178 Å². The van der Waals surface area contributed by atoms with E-state index in [2.05, 4.69) is 15.4 Å². The molecule has 156 valence electrons. The van der Waals surface area contributed by atoms with Crippen LogP contribution in [0.3, 0.4) is 0 Å². The van der Waals surface area contributed by atoms with E-state index in [4.69, 9.17) is 32.5 Å². The highest BCUT2D eigenvalue weighted by molar-refractivity contribution is 6.36. The number of ether oxygens (including phenoxy) is 1. The van der Waals surface area contributed by atoms with Crippen LogP contribution in [0.2, 0.25) is 10.0 Å². The molecule has 0 aliphatic carbocycles. The molecule has 2 amide bonds. The molecule has 2 aromatic rings. The SMILES string of the molecule is Cc1cc(NC(=O)CN(CCN2CCOCC2)C(=O)c2ccc(Cl)cc2Cl)no1. The molecule has 1 aromatic carbocycles. The van der Waals surface area contributed by atoms with Crippen molar-refractivity contribution in [1.82, 2.24) is 15.0 Å². The summed E-state index contributed by atoms with van der Waals surface area (Å²) in [6, 6.07) is 6.27. The molecule has 8 nitrogen and oxygen atoms in total. The Balaban J connectivity index is 1.70. The summed E-state index contributed by atoms with van der Waals surface area (Å²) in [6.45, 7) is 5.45. The monoisotopic (exact) mass is 440 g/mol. The van der Waals surface area contributed by atoms with Crippen molar-refractivity contribution in [2.45, 2.75) is 6.92 Å². The zero-order valence-corrected chi connectivity index (χ0v) is 17.5. The second kappa shape index (κ2) is 10.1. The molecule has 29 heavy (non-hydrogen) atoms. The quantitative estimate of drug-likeness (QED) is 0.711. The number of carbonyl (C=O) groups is 2. The molecule has 0 spiro atoms. The summed E-state index contributed by atoms with van der Waals surface area (Å²) in [5, 5.41) is 7.05. The Morgan fingerprint density at radius 1 is 1.24 bits per heavy atom. The van der Waals surface area contributed by atoms with Gasteiger partial charge < -0.3 is 19.5 Å². The van der Waals surface area contributed by atoms with E-state index in [0.717, 1.165) is 13.1 Å². The van der Waals surface area contributed by atoms with Gasteiger partial charge in [-0.2, -0.15) is 0 Å². The molecule has 0 unspecified atom stereocenters. The lowest BCUT2D eigenvalue weighted by Crippen LogP contribution is -2.45. The van der Waals surface area contributed by atoms with Crippen molar-refractivity contribution in [3.05, 3.63) is 45.6 Å². The number of morpholine rings is 1. The van der Waals surface area contributed by atoms with Crippen LogP contribution in [0.1, 0.15) is 16.1 Å². The number of halogens is 2. The molecule has 0 radical (unpaired) electrons. The third-order valence-corrected chi connectivity index (χ3v) is 5.02. The number of anilines is 1. The van der Waals surface area contributed by atoms with E-state index in [1.54, 1.807) is 25.1 Å². The van der Waals surface area contributed by atoms with Gasteiger partial charge in [0, 0.05) is 37.3 Å². The Kier molecular flexibility index (Phi) is 7.49. The van der Waals surface area contributed by atoms with Crippen LogP contribution >= 0.6 is 23.2 Å². The molecule has 10 heteroatoms. The van der Waals surface area contributed by atoms with Gasteiger partial charge in [-0.15, -0.1) is 0 Å². The molecule has 0 bridgehead atoms. The van der Waals surface area contributed by atoms with Crippen LogP contribution in [0.4, 0.5) is 5.82 Å². The third kappa shape index (κ3) is 6.17. The third-order valence-electron chi connectivity index (χ3n) is 4.47. The predicted octanol–water partition coefficient (Wildman–Crippen LogP) is 2.70. The van der Waals surface area contributed by atoms with Crippen LogP contribution in [-0.4, -0.2) is 72.7 Å². The number of aryl methyl sites for hydroxylation is 1. The van der Waals surface area contributed by atoms with Crippen LogP contribution in [0, 0.1) is 6.92 Å². The maximum absolute atomic E-state index is 13.1. The number of hydrogen-bond donors (Lipinski definition) is 1. The van der Waals surface area contributed by atoms with Crippen molar-refractivity contribution in [3.8, 4) is 0 Å². The van der Waals surface area contributed by atoms with Crippen molar-refractivity contribution in [3.63, 3.8) is 0 Å². The van der Waals surface area contributed by atoms with Crippen molar-refractivity contribution < 1.29 is 18.8 Å². The minimum atomic E-state index is -0.376. The lowest BCUT2D eigenvalue weighted by molar-refractivity contribution is -0.117. The van der Waals surface area contributed by atoms with Crippen LogP contribution < -0.4 is 5.32 Å². The van der Waals surface area contributed by atoms with E-state index in [9.17, 15) is 9.59 Å². The van der Waals surface area contributed by atoms with E-state index < -0.39 is 0 Å². The zero-order chi connectivity index (χ0) is 20.8. The van der Waals surface area contributed by atoms with Gasteiger partial charge in [0.1, 0.15) is 12.3 Å². The maximum Gasteiger partial charge on any atom is 0.255 e. The summed E-state index contributed by atoms with van der Waals surface area (Å²) < 4.78 is 10.3. The summed E-state index contributed by atoms with van der Waals surface area (Å²) in [5.41, 5.74) is 0.295. The number of nitrogens with zero attached hydrogens (tertiary/aromatic N) is 3. The Hall–Kier alpha value is -2.13. The number of nitrogens with one attached hydrogen (secondary N) is 1. The molecule has 3 rings (SSSR count). The van der Waals surface area contributed by atoms with Crippen LogP contribution in [-0.2, 0) is 9.53 Å². The van der Waals surface area contributed by atoms with Gasteiger partial charge in [-0.25, -0.2) is 0 Å². The summed E-state index contributed by atoms with van der Waals surface area (Å²) in [4.78, 5) is 29.2. The average molecular weight is 441 g/mol. The van der Waals surface area contributed by atoms with E-state index in [1.165, 1.54) is 11.0 Å². The number of rotatable bonds is 7. The number of hydrogen-bond acceptors (Lipinski definition) is 6. The van der Waals surface area contributed by atoms with Gasteiger partial charge in [0.05, 0.1) is 23.8 Å². The van der Waals surface area contributed by atoms with Crippen LogP contribution in [0.15, 0.2) is 28.8 Å². The number of benzene rings is 1. The number of aromatic nitrogens is 1. The van der Waals surface area contributed by atoms with Gasteiger partial charge in [-0.05, 0) is 25.1 Å². The minimum absolute atomic E-state index is 0.145. The van der Waals surface area contributed by atoms with Crippen LogP contribution in [0.25, 0.3) is 0 Å².